The van der Waals surface area contributed by atoms with Gasteiger partial charge in [-0.25, -0.2) is 0 Å². The zero-order valence-corrected chi connectivity index (χ0v) is 12.8. The fourth-order valence-corrected chi connectivity index (χ4v) is 4.90. The average Bonchev–Trinajstić information content (AvgIpc) is 3.08. The van der Waals surface area contributed by atoms with Crippen LogP contribution < -0.4 is 5.32 Å². The lowest BCUT2D eigenvalue weighted by Crippen LogP contribution is -2.44. The molecule has 0 saturated heterocycles. The molecule has 2 N–H and O–H groups in total. The highest BCUT2D eigenvalue weighted by molar-refractivity contribution is 5.79. The van der Waals surface area contributed by atoms with Gasteiger partial charge in [0.15, 0.2) is 0 Å². The van der Waals surface area contributed by atoms with Crippen LogP contribution in [0.25, 0.3) is 0 Å². The van der Waals surface area contributed by atoms with Gasteiger partial charge in [0, 0.05) is 13.0 Å². The van der Waals surface area contributed by atoms with Crippen molar-refractivity contribution in [1.29, 1.82) is 0 Å². The summed E-state index contributed by atoms with van der Waals surface area (Å²) in [6.07, 6.45) is 10.2. The van der Waals surface area contributed by atoms with Gasteiger partial charge in [-0.2, -0.15) is 0 Å². The number of rotatable bonds is 5. The van der Waals surface area contributed by atoms with Crippen LogP contribution in [0.5, 0.6) is 0 Å². The van der Waals surface area contributed by atoms with E-state index < -0.39 is 11.4 Å². The molecule has 0 spiro atoms. The molecule has 0 aliphatic heterocycles. The Bertz CT molecular complexity index is 414. The van der Waals surface area contributed by atoms with Gasteiger partial charge in [-0.05, 0) is 49.9 Å². The number of hydrogen-bond donors (Lipinski definition) is 2. The second-order valence-corrected chi connectivity index (χ2v) is 7.56. The van der Waals surface area contributed by atoms with E-state index in [9.17, 15) is 14.7 Å². The van der Waals surface area contributed by atoms with Gasteiger partial charge in [-0.1, -0.05) is 25.7 Å². The van der Waals surface area contributed by atoms with Crippen LogP contribution in [0, 0.1) is 23.2 Å². The molecule has 1 amide bonds. The summed E-state index contributed by atoms with van der Waals surface area (Å²) in [4.78, 5) is 23.8. The van der Waals surface area contributed by atoms with E-state index in [1.165, 1.54) is 25.7 Å². The second kappa shape index (κ2) is 5.98. The van der Waals surface area contributed by atoms with E-state index in [2.05, 4.69) is 5.32 Å². The minimum Gasteiger partial charge on any atom is -0.481 e. The molecule has 3 aliphatic rings. The largest absolute Gasteiger partial charge is 0.481 e. The Labute approximate surface area is 126 Å². The van der Waals surface area contributed by atoms with E-state index in [1.807, 2.05) is 0 Å². The first-order chi connectivity index (χ1) is 10.1. The van der Waals surface area contributed by atoms with Crippen LogP contribution >= 0.6 is 0 Å². The molecule has 3 saturated carbocycles. The molecule has 4 heteroatoms. The molecule has 3 atom stereocenters. The molecule has 0 aromatic rings. The second-order valence-electron chi connectivity index (χ2n) is 7.56. The Kier molecular flexibility index (Phi) is 4.23. The van der Waals surface area contributed by atoms with Gasteiger partial charge in [0.1, 0.15) is 0 Å². The summed E-state index contributed by atoms with van der Waals surface area (Å²) in [6.45, 7) is 0.321. The van der Waals surface area contributed by atoms with E-state index in [0.717, 1.165) is 31.1 Å². The van der Waals surface area contributed by atoms with Crippen molar-refractivity contribution in [3.63, 3.8) is 0 Å². The Morgan fingerprint density at radius 1 is 1.10 bits per heavy atom. The lowest BCUT2D eigenvalue weighted by Gasteiger charge is -2.33. The highest BCUT2D eigenvalue weighted by Gasteiger charge is 2.42. The molecular weight excluding hydrogens is 266 g/mol. The van der Waals surface area contributed by atoms with E-state index in [4.69, 9.17) is 0 Å². The molecule has 0 heterocycles. The zero-order chi connectivity index (χ0) is 14.9. The Morgan fingerprint density at radius 2 is 1.86 bits per heavy atom. The molecule has 3 rings (SSSR count). The highest BCUT2D eigenvalue weighted by atomic mass is 16.4. The van der Waals surface area contributed by atoms with Crippen molar-refractivity contribution in [2.24, 2.45) is 23.2 Å². The first kappa shape index (κ1) is 14.9. The van der Waals surface area contributed by atoms with Crippen LogP contribution in [-0.4, -0.2) is 23.5 Å². The van der Waals surface area contributed by atoms with Crippen LogP contribution in [-0.2, 0) is 9.59 Å². The molecule has 3 unspecified atom stereocenters. The SMILES string of the molecule is O=C(CC1CC2CCC1C2)NCC1(C(=O)O)CCCCC1. The summed E-state index contributed by atoms with van der Waals surface area (Å²) in [5, 5.41) is 12.5. The molecule has 21 heavy (non-hydrogen) atoms. The fourth-order valence-electron chi connectivity index (χ4n) is 4.90. The van der Waals surface area contributed by atoms with Gasteiger partial charge in [-0.3, -0.25) is 9.59 Å². The van der Waals surface area contributed by atoms with Crippen molar-refractivity contribution in [3.8, 4) is 0 Å². The minimum absolute atomic E-state index is 0.0683. The van der Waals surface area contributed by atoms with Gasteiger partial charge in [0.05, 0.1) is 5.41 Å². The lowest BCUT2D eigenvalue weighted by molar-refractivity contribution is -0.151. The number of carbonyl (C=O) groups is 2. The van der Waals surface area contributed by atoms with Crippen molar-refractivity contribution >= 4 is 11.9 Å². The molecule has 118 valence electrons. The third kappa shape index (κ3) is 3.09. The number of amides is 1. The third-order valence-corrected chi connectivity index (χ3v) is 6.22. The van der Waals surface area contributed by atoms with Gasteiger partial charge in [0.25, 0.3) is 0 Å². The van der Waals surface area contributed by atoms with E-state index in [0.29, 0.717) is 31.7 Å². The number of nitrogens with one attached hydrogen (secondary N) is 1. The monoisotopic (exact) mass is 293 g/mol. The number of hydrogen-bond acceptors (Lipinski definition) is 2. The molecular formula is C17H27NO3. The number of fused-ring (bicyclic) bond motifs is 2. The zero-order valence-electron chi connectivity index (χ0n) is 12.8. The maximum atomic E-state index is 12.2. The summed E-state index contributed by atoms with van der Waals surface area (Å²) >= 11 is 0. The van der Waals surface area contributed by atoms with Crippen molar-refractivity contribution in [1.82, 2.24) is 5.32 Å². The van der Waals surface area contributed by atoms with Crippen LogP contribution in [0.2, 0.25) is 0 Å². The predicted octanol–water partition coefficient (Wildman–Crippen LogP) is 2.96. The standard InChI is InChI=1S/C17H27NO3/c19-15(10-14-9-12-4-5-13(14)8-12)18-11-17(16(20)21)6-2-1-3-7-17/h12-14H,1-11H2,(H,18,19)(H,20,21). The van der Waals surface area contributed by atoms with Gasteiger partial charge >= 0.3 is 5.97 Å². The van der Waals surface area contributed by atoms with Crippen LogP contribution in [0.15, 0.2) is 0 Å². The van der Waals surface area contributed by atoms with Crippen molar-refractivity contribution in [3.05, 3.63) is 0 Å². The molecule has 2 bridgehead atoms. The van der Waals surface area contributed by atoms with Crippen molar-refractivity contribution < 1.29 is 14.7 Å². The predicted molar refractivity (Wildman–Crippen MR) is 79.7 cm³/mol. The molecule has 3 aliphatic carbocycles. The van der Waals surface area contributed by atoms with Gasteiger partial charge < -0.3 is 10.4 Å². The van der Waals surface area contributed by atoms with Crippen molar-refractivity contribution in [2.75, 3.05) is 6.54 Å². The van der Waals surface area contributed by atoms with E-state index in [1.54, 1.807) is 0 Å². The quantitative estimate of drug-likeness (QED) is 0.819. The maximum Gasteiger partial charge on any atom is 0.311 e. The summed E-state index contributed by atoms with van der Waals surface area (Å²) < 4.78 is 0. The maximum absolute atomic E-state index is 12.2. The first-order valence-electron chi connectivity index (χ1n) is 8.59. The molecule has 3 fully saturated rings. The highest BCUT2D eigenvalue weighted by Crippen LogP contribution is 2.49. The molecule has 0 aromatic carbocycles. The first-order valence-corrected chi connectivity index (χ1v) is 8.59. The topological polar surface area (TPSA) is 66.4 Å². The number of carboxylic acid groups (broad SMARTS) is 1. The van der Waals surface area contributed by atoms with Crippen LogP contribution in [0.1, 0.15) is 64.2 Å². The summed E-state index contributed by atoms with van der Waals surface area (Å²) in [5.41, 5.74) is -0.706. The smallest absolute Gasteiger partial charge is 0.311 e. The lowest BCUT2D eigenvalue weighted by atomic mass is 9.74. The normalized spacial score (nSPS) is 33.8. The molecule has 4 nitrogen and oxygen atoms in total. The van der Waals surface area contributed by atoms with E-state index >= 15 is 0 Å². The fraction of sp³-hybridized carbons (Fsp3) is 0.882. The third-order valence-electron chi connectivity index (χ3n) is 6.22. The number of aliphatic carboxylic acids is 1. The van der Waals surface area contributed by atoms with Crippen LogP contribution in [0.3, 0.4) is 0 Å². The van der Waals surface area contributed by atoms with Crippen molar-refractivity contribution in [2.45, 2.75) is 64.2 Å². The van der Waals surface area contributed by atoms with Crippen LogP contribution in [0.4, 0.5) is 0 Å². The molecule has 0 aromatic heterocycles. The minimum atomic E-state index is -0.734. The van der Waals surface area contributed by atoms with E-state index in [-0.39, 0.29) is 5.91 Å². The average molecular weight is 293 g/mol. The Morgan fingerprint density at radius 3 is 2.43 bits per heavy atom. The summed E-state index contributed by atoms with van der Waals surface area (Å²) in [5.74, 6) is 1.50. The Hall–Kier alpha value is -1.06. The summed E-state index contributed by atoms with van der Waals surface area (Å²) in [6, 6.07) is 0. The Balaban J connectivity index is 1.49. The summed E-state index contributed by atoms with van der Waals surface area (Å²) in [7, 11) is 0. The number of carbonyl (C=O) groups excluding carboxylic acids is 1. The number of carboxylic acids is 1. The molecule has 0 radical (unpaired) electrons. The van der Waals surface area contributed by atoms with Gasteiger partial charge in [-0.15, -0.1) is 0 Å². The van der Waals surface area contributed by atoms with Gasteiger partial charge in [0.2, 0.25) is 5.91 Å².